The Morgan fingerprint density at radius 1 is 1.00 bits per heavy atom. The second kappa shape index (κ2) is 8.45. The fourth-order valence-electron chi connectivity index (χ4n) is 2.55. The summed E-state index contributed by atoms with van der Waals surface area (Å²) in [6.07, 6.45) is 0.913. The zero-order valence-electron chi connectivity index (χ0n) is 14.5. The molecule has 0 saturated carbocycles. The molecule has 0 unspecified atom stereocenters. The highest BCUT2D eigenvalue weighted by atomic mass is 32.1. The van der Waals surface area contributed by atoms with Crippen LogP contribution in [0.25, 0.3) is 10.8 Å². The summed E-state index contributed by atoms with van der Waals surface area (Å²) in [5, 5.41) is 8.26. The number of fused-ring (bicyclic) bond motifs is 1. The molecule has 0 fully saturated rings. The number of anilines is 1. The zero-order chi connectivity index (χ0) is 18.4. The maximum absolute atomic E-state index is 12.4. The van der Waals surface area contributed by atoms with Crippen molar-refractivity contribution in [2.45, 2.75) is 13.3 Å². The summed E-state index contributed by atoms with van der Waals surface area (Å²) in [4.78, 5) is 12.4. The molecule has 5 heteroatoms. The third kappa shape index (κ3) is 4.58. The van der Waals surface area contributed by atoms with Crippen LogP contribution in [0.4, 0.5) is 5.69 Å². The summed E-state index contributed by atoms with van der Waals surface area (Å²) >= 11 is 5.26. The summed E-state index contributed by atoms with van der Waals surface area (Å²) in [7, 11) is 0. The van der Waals surface area contributed by atoms with Crippen LogP contribution in [0.3, 0.4) is 0 Å². The van der Waals surface area contributed by atoms with Crippen molar-refractivity contribution in [3.63, 3.8) is 0 Å². The van der Waals surface area contributed by atoms with Crippen molar-refractivity contribution in [3.05, 3.63) is 72.3 Å². The zero-order valence-corrected chi connectivity index (χ0v) is 15.3. The summed E-state index contributed by atoms with van der Waals surface area (Å²) in [5.41, 5.74) is 1.33. The van der Waals surface area contributed by atoms with Crippen LogP contribution in [0, 0.1) is 0 Å². The Morgan fingerprint density at radius 3 is 2.62 bits per heavy atom. The Morgan fingerprint density at radius 2 is 1.81 bits per heavy atom. The van der Waals surface area contributed by atoms with Gasteiger partial charge in [-0.15, -0.1) is 0 Å². The molecule has 2 N–H and O–H groups in total. The van der Waals surface area contributed by atoms with Crippen LogP contribution in [-0.2, 0) is 0 Å². The molecule has 0 aliphatic heterocycles. The lowest BCUT2D eigenvalue weighted by atomic mass is 10.1. The van der Waals surface area contributed by atoms with Gasteiger partial charge >= 0.3 is 0 Å². The van der Waals surface area contributed by atoms with Crippen LogP contribution in [-0.4, -0.2) is 17.6 Å². The van der Waals surface area contributed by atoms with Gasteiger partial charge in [-0.25, -0.2) is 0 Å². The predicted molar refractivity (Wildman–Crippen MR) is 110 cm³/mol. The highest BCUT2D eigenvalue weighted by Gasteiger charge is 2.09. The van der Waals surface area contributed by atoms with Crippen LogP contribution in [0.1, 0.15) is 23.7 Å². The van der Waals surface area contributed by atoms with Gasteiger partial charge in [-0.2, -0.15) is 0 Å². The van der Waals surface area contributed by atoms with E-state index in [0.717, 1.165) is 22.9 Å². The average molecular weight is 364 g/mol. The normalized spacial score (nSPS) is 10.3. The molecule has 0 aliphatic carbocycles. The van der Waals surface area contributed by atoms with Crippen LogP contribution in [0.2, 0.25) is 0 Å². The van der Waals surface area contributed by atoms with E-state index in [-0.39, 0.29) is 11.0 Å². The third-order valence-electron chi connectivity index (χ3n) is 3.80. The summed E-state index contributed by atoms with van der Waals surface area (Å²) < 4.78 is 5.56. The number of benzene rings is 3. The first-order valence-electron chi connectivity index (χ1n) is 8.49. The minimum atomic E-state index is -0.273. The summed E-state index contributed by atoms with van der Waals surface area (Å²) in [6.45, 7) is 2.65. The topological polar surface area (TPSA) is 50.4 Å². The van der Waals surface area contributed by atoms with Crippen molar-refractivity contribution < 1.29 is 9.53 Å². The Labute approximate surface area is 158 Å². The van der Waals surface area contributed by atoms with Gasteiger partial charge in [0.15, 0.2) is 5.11 Å². The Kier molecular flexibility index (Phi) is 5.81. The molecule has 132 valence electrons. The van der Waals surface area contributed by atoms with E-state index in [1.807, 2.05) is 55.5 Å². The maximum atomic E-state index is 12.4. The van der Waals surface area contributed by atoms with E-state index >= 15 is 0 Å². The van der Waals surface area contributed by atoms with Crippen molar-refractivity contribution in [2.75, 3.05) is 11.9 Å². The van der Waals surface area contributed by atoms with Gasteiger partial charge in [0.05, 0.1) is 6.61 Å². The lowest BCUT2D eigenvalue weighted by Crippen LogP contribution is -2.34. The quantitative estimate of drug-likeness (QED) is 0.641. The molecule has 3 aromatic carbocycles. The molecule has 0 aliphatic rings. The number of hydrogen-bond acceptors (Lipinski definition) is 3. The van der Waals surface area contributed by atoms with Crippen molar-refractivity contribution in [1.29, 1.82) is 0 Å². The van der Waals surface area contributed by atoms with Crippen LogP contribution >= 0.6 is 12.2 Å². The fraction of sp³-hybridized carbons (Fsp3) is 0.143. The van der Waals surface area contributed by atoms with Gasteiger partial charge in [-0.1, -0.05) is 43.3 Å². The molecule has 3 aromatic rings. The van der Waals surface area contributed by atoms with Gasteiger partial charge < -0.3 is 10.1 Å². The first-order valence-corrected chi connectivity index (χ1v) is 8.90. The minimum Gasteiger partial charge on any atom is -0.494 e. The lowest BCUT2D eigenvalue weighted by molar-refractivity contribution is 0.0977. The molecular weight excluding hydrogens is 344 g/mol. The maximum Gasteiger partial charge on any atom is 0.257 e. The van der Waals surface area contributed by atoms with Crippen molar-refractivity contribution in [1.82, 2.24) is 5.32 Å². The molecule has 0 spiro atoms. The smallest absolute Gasteiger partial charge is 0.257 e. The van der Waals surface area contributed by atoms with Crippen molar-refractivity contribution in [3.8, 4) is 5.75 Å². The predicted octanol–water partition coefficient (Wildman–Crippen LogP) is 4.76. The number of hydrogen-bond donors (Lipinski definition) is 2. The molecule has 0 aromatic heterocycles. The molecule has 0 atom stereocenters. The SMILES string of the molecule is CCCOc1cccc(C(=O)NC(=S)Nc2ccc3ccccc3c2)c1. The highest BCUT2D eigenvalue weighted by Crippen LogP contribution is 2.19. The van der Waals surface area contributed by atoms with E-state index in [0.29, 0.717) is 17.9 Å². The second-order valence-corrected chi connectivity index (χ2v) is 6.25. The van der Waals surface area contributed by atoms with Crippen molar-refractivity contribution >= 4 is 39.7 Å². The van der Waals surface area contributed by atoms with E-state index < -0.39 is 0 Å². The van der Waals surface area contributed by atoms with Crippen LogP contribution < -0.4 is 15.4 Å². The van der Waals surface area contributed by atoms with E-state index in [9.17, 15) is 4.79 Å². The fourth-order valence-corrected chi connectivity index (χ4v) is 2.76. The molecule has 0 heterocycles. The van der Waals surface area contributed by atoms with E-state index in [2.05, 4.69) is 10.6 Å². The standard InChI is InChI=1S/C21H20N2O2S/c1-2-12-25-19-9-5-8-17(14-19)20(24)23-21(26)22-18-11-10-15-6-3-4-7-16(15)13-18/h3-11,13-14H,2,12H2,1H3,(H2,22,23,24,26). The molecule has 0 bridgehead atoms. The number of amides is 1. The summed E-state index contributed by atoms with van der Waals surface area (Å²) in [6, 6.07) is 21.1. The van der Waals surface area contributed by atoms with Crippen molar-refractivity contribution in [2.24, 2.45) is 0 Å². The Hall–Kier alpha value is -2.92. The van der Waals surface area contributed by atoms with Gasteiger partial charge in [0, 0.05) is 11.3 Å². The van der Waals surface area contributed by atoms with Gasteiger partial charge in [-0.3, -0.25) is 10.1 Å². The van der Waals surface area contributed by atoms with E-state index in [4.69, 9.17) is 17.0 Å². The number of rotatable bonds is 5. The van der Waals surface area contributed by atoms with Gasteiger partial charge in [0.1, 0.15) is 5.75 Å². The molecule has 0 saturated heterocycles. The van der Waals surface area contributed by atoms with Crippen LogP contribution in [0.5, 0.6) is 5.75 Å². The first kappa shape index (κ1) is 17.9. The largest absolute Gasteiger partial charge is 0.494 e. The van der Waals surface area contributed by atoms with Crippen LogP contribution in [0.15, 0.2) is 66.7 Å². The lowest BCUT2D eigenvalue weighted by Gasteiger charge is -2.11. The summed E-state index contributed by atoms with van der Waals surface area (Å²) in [5.74, 6) is 0.401. The number of ether oxygens (including phenoxy) is 1. The molecule has 0 radical (unpaired) electrons. The Balaban J connectivity index is 1.64. The van der Waals surface area contributed by atoms with E-state index in [1.165, 1.54) is 0 Å². The number of carbonyl (C=O) groups is 1. The number of carbonyl (C=O) groups excluding carboxylic acids is 1. The second-order valence-electron chi connectivity index (χ2n) is 5.85. The molecular formula is C21H20N2O2S. The van der Waals surface area contributed by atoms with Gasteiger partial charge in [0.2, 0.25) is 0 Å². The van der Waals surface area contributed by atoms with Gasteiger partial charge in [-0.05, 0) is 59.7 Å². The number of nitrogens with one attached hydrogen (secondary N) is 2. The molecule has 1 amide bonds. The monoisotopic (exact) mass is 364 g/mol. The molecule has 26 heavy (non-hydrogen) atoms. The number of thiocarbonyl (C=S) groups is 1. The van der Waals surface area contributed by atoms with E-state index in [1.54, 1.807) is 18.2 Å². The molecule has 3 rings (SSSR count). The highest BCUT2D eigenvalue weighted by molar-refractivity contribution is 7.80. The first-order chi connectivity index (χ1) is 12.7. The third-order valence-corrected chi connectivity index (χ3v) is 4.01. The van der Waals surface area contributed by atoms with Gasteiger partial charge in [0.25, 0.3) is 5.91 Å². The molecule has 4 nitrogen and oxygen atoms in total. The minimum absolute atomic E-state index is 0.255. The average Bonchev–Trinajstić information content (AvgIpc) is 2.66. The Bertz CT molecular complexity index is 940.